The number of hydrogen-bond acceptors (Lipinski definition) is 5. The van der Waals surface area contributed by atoms with E-state index < -0.39 is 12.4 Å². The number of anilines is 1. The molecular weight excluding hydrogens is 390 g/mol. The van der Waals surface area contributed by atoms with Gasteiger partial charge in [-0.15, -0.1) is 0 Å². The van der Waals surface area contributed by atoms with Crippen LogP contribution in [0.4, 0.5) is 10.5 Å². The number of rotatable bonds is 7. The van der Waals surface area contributed by atoms with Gasteiger partial charge < -0.3 is 18.9 Å². The maximum Gasteiger partial charge on any atom is 0.417 e. The van der Waals surface area contributed by atoms with Gasteiger partial charge in [0.05, 0.1) is 0 Å². The van der Waals surface area contributed by atoms with Gasteiger partial charge in [0.15, 0.2) is 6.29 Å². The Hall–Kier alpha value is -2.09. The standard InChI is InChI=1S/C18H20BrNO5/c1-12-6-4-5-7-16(12)20-18(21)25-15-9-13(19)8-14(10-15)24-11-17(22-2)23-3/h4-10,17H,11H2,1-3H3,(H,20,21). The lowest BCUT2D eigenvalue weighted by Gasteiger charge is -2.15. The van der Waals surface area contributed by atoms with Crippen molar-refractivity contribution in [1.29, 1.82) is 0 Å². The van der Waals surface area contributed by atoms with Gasteiger partial charge in [-0.25, -0.2) is 4.79 Å². The van der Waals surface area contributed by atoms with E-state index >= 15 is 0 Å². The summed E-state index contributed by atoms with van der Waals surface area (Å²) in [6.45, 7) is 2.11. The molecule has 0 aliphatic carbocycles. The van der Waals surface area contributed by atoms with Crippen molar-refractivity contribution >= 4 is 27.7 Å². The fourth-order valence-corrected chi connectivity index (χ4v) is 2.48. The van der Waals surface area contributed by atoms with E-state index in [9.17, 15) is 4.79 Å². The number of methoxy groups -OCH3 is 2. The zero-order valence-electron chi connectivity index (χ0n) is 14.2. The summed E-state index contributed by atoms with van der Waals surface area (Å²) in [5.41, 5.74) is 1.64. The van der Waals surface area contributed by atoms with Crippen LogP contribution < -0.4 is 14.8 Å². The highest BCUT2D eigenvalue weighted by Crippen LogP contribution is 2.27. The van der Waals surface area contributed by atoms with Crippen LogP contribution in [0.15, 0.2) is 46.9 Å². The minimum atomic E-state index is -0.579. The average Bonchev–Trinajstić information content (AvgIpc) is 2.57. The van der Waals surface area contributed by atoms with E-state index in [4.69, 9.17) is 18.9 Å². The Morgan fingerprint density at radius 3 is 2.48 bits per heavy atom. The molecule has 1 amide bonds. The second kappa shape index (κ2) is 9.41. The van der Waals surface area contributed by atoms with Crippen molar-refractivity contribution < 1.29 is 23.7 Å². The van der Waals surface area contributed by atoms with Crippen LogP contribution in [0.5, 0.6) is 11.5 Å². The van der Waals surface area contributed by atoms with Gasteiger partial charge in [-0.2, -0.15) is 0 Å². The molecule has 0 aliphatic heterocycles. The van der Waals surface area contributed by atoms with Crippen LogP contribution in [-0.2, 0) is 9.47 Å². The van der Waals surface area contributed by atoms with E-state index in [1.54, 1.807) is 18.2 Å². The van der Waals surface area contributed by atoms with E-state index in [0.29, 0.717) is 17.2 Å². The van der Waals surface area contributed by atoms with Crippen molar-refractivity contribution in [2.45, 2.75) is 13.2 Å². The predicted octanol–water partition coefficient (Wildman–Crippen LogP) is 4.37. The maximum atomic E-state index is 12.1. The quantitative estimate of drug-likeness (QED) is 0.687. The minimum Gasteiger partial charge on any atom is -0.488 e. The number of para-hydroxylation sites is 1. The molecule has 2 aromatic rings. The minimum absolute atomic E-state index is 0.207. The summed E-state index contributed by atoms with van der Waals surface area (Å²) < 4.78 is 21.8. The summed E-state index contributed by atoms with van der Waals surface area (Å²) in [5, 5.41) is 2.71. The van der Waals surface area contributed by atoms with Gasteiger partial charge in [-0.05, 0) is 30.7 Å². The largest absolute Gasteiger partial charge is 0.488 e. The highest BCUT2D eigenvalue weighted by molar-refractivity contribution is 9.10. The molecule has 0 aromatic heterocycles. The predicted molar refractivity (Wildman–Crippen MR) is 98.3 cm³/mol. The van der Waals surface area contributed by atoms with Gasteiger partial charge in [-0.3, -0.25) is 5.32 Å². The zero-order valence-corrected chi connectivity index (χ0v) is 15.8. The molecule has 0 fully saturated rings. The molecule has 0 saturated heterocycles. The fraction of sp³-hybridized carbons (Fsp3) is 0.278. The smallest absolute Gasteiger partial charge is 0.417 e. The van der Waals surface area contributed by atoms with Crippen molar-refractivity contribution in [3.8, 4) is 11.5 Å². The lowest BCUT2D eigenvalue weighted by atomic mass is 10.2. The van der Waals surface area contributed by atoms with Gasteiger partial charge in [-0.1, -0.05) is 34.1 Å². The van der Waals surface area contributed by atoms with Gasteiger partial charge in [0, 0.05) is 30.4 Å². The first-order valence-electron chi connectivity index (χ1n) is 7.55. The number of benzene rings is 2. The number of amides is 1. The third-order valence-corrected chi connectivity index (χ3v) is 3.81. The van der Waals surface area contributed by atoms with Crippen LogP contribution in [0.1, 0.15) is 5.56 Å². The van der Waals surface area contributed by atoms with Crippen molar-refractivity contribution in [3.63, 3.8) is 0 Å². The second-order valence-corrected chi connectivity index (χ2v) is 6.08. The van der Waals surface area contributed by atoms with Crippen LogP contribution in [-0.4, -0.2) is 33.2 Å². The molecule has 0 saturated carbocycles. The summed E-state index contributed by atoms with van der Waals surface area (Å²) in [4.78, 5) is 12.1. The summed E-state index contributed by atoms with van der Waals surface area (Å²) in [6, 6.07) is 12.5. The molecule has 0 atom stereocenters. The summed E-state index contributed by atoms with van der Waals surface area (Å²) in [7, 11) is 3.06. The Bertz CT molecular complexity index is 718. The molecule has 0 unspecified atom stereocenters. The molecule has 0 bridgehead atoms. The van der Waals surface area contributed by atoms with Crippen molar-refractivity contribution in [3.05, 3.63) is 52.5 Å². The Kier molecular flexibility index (Phi) is 7.24. The number of ether oxygens (including phenoxy) is 4. The zero-order chi connectivity index (χ0) is 18.2. The summed E-state index contributed by atoms with van der Waals surface area (Å²) in [5.74, 6) is 0.869. The number of hydrogen-bond donors (Lipinski definition) is 1. The molecule has 0 aliphatic rings. The fourth-order valence-electron chi connectivity index (χ4n) is 2.03. The lowest BCUT2D eigenvalue weighted by molar-refractivity contribution is -0.122. The maximum absolute atomic E-state index is 12.1. The molecule has 2 aromatic carbocycles. The van der Waals surface area contributed by atoms with Gasteiger partial charge in [0.2, 0.25) is 0 Å². The first-order chi connectivity index (χ1) is 12.0. The van der Waals surface area contributed by atoms with Crippen LogP contribution in [0.2, 0.25) is 0 Å². The Morgan fingerprint density at radius 2 is 1.80 bits per heavy atom. The van der Waals surface area contributed by atoms with E-state index in [1.807, 2.05) is 31.2 Å². The van der Waals surface area contributed by atoms with E-state index in [-0.39, 0.29) is 6.61 Å². The normalized spacial score (nSPS) is 10.6. The topological polar surface area (TPSA) is 66.0 Å². The second-order valence-electron chi connectivity index (χ2n) is 5.16. The molecule has 1 N–H and O–H groups in total. The van der Waals surface area contributed by atoms with Gasteiger partial charge in [0.1, 0.15) is 18.1 Å². The molecule has 0 heterocycles. The molecule has 2 rings (SSSR count). The molecular formula is C18H20BrNO5. The molecule has 25 heavy (non-hydrogen) atoms. The van der Waals surface area contributed by atoms with E-state index in [1.165, 1.54) is 14.2 Å². The molecule has 6 nitrogen and oxygen atoms in total. The monoisotopic (exact) mass is 409 g/mol. The Balaban J connectivity index is 2.01. The van der Waals surface area contributed by atoms with Crippen molar-refractivity contribution in [2.24, 2.45) is 0 Å². The van der Waals surface area contributed by atoms with Crippen LogP contribution in [0.25, 0.3) is 0 Å². The molecule has 7 heteroatoms. The number of halogens is 1. The average molecular weight is 410 g/mol. The third kappa shape index (κ3) is 6.04. The molecule has 0 spiro atoms. The molecule has 134 valence electrons. The first kappa shape index (κ1) is 19.2. The van der Waals surface area contributed by atoms with Gasteiger partial charge in [0.25, 0.3) is 0 Å². The molecule has 0 radical (unpaired) electrons. The number of carbonyl (C=O) groups excluding carboxylic acids is 1. The Morgan fingerprint density at radius 1 is 1.12 bits per heavy atom. The van der Waals surface area contributed by atoms with Crippen LogP contribution in [0, 0.1) is 6.92 Å². The van der Waals surface area contributed by atoms with E-state index in [0.717, 1.165) is 10.0 Å². The van der Waals surface area contributed by atoms with Crippen molar-refractivity contribution in [1.82, 2.24) is 0 Å². The Labute approximate surface area is 155 Å². The first-order valence-corrected chi connectivity index (χ1v) is 8.34. The van der Waals surface area contributed by atoms with Crippen molar-refractivity contribution in [2.75, 3.05) is 26.1 Å². The third-order valence-electron chi connectivity index (χ3n) is 3.35. The number of aryl methyl sites for hydroxylation is 1. The SMILES string of the molecule is COC(COc1cc(Br)cc(OC(=O)Nc2ccccc2C)c1)OC. The van der Waals surface area contributed by atoms with Crippen LogP contribution in [0.3, 0.4) is 0 Å². The van der Waals surface area contributed by atoms with Gasteiger partial charge >= 0.3 is 6.09 Å². The number of carbonyl (C=O) groups is 1. The van der Waals surface area contributed by atoms with E-state index in [2.05, 4.69) is 21.2 Å². The summed E-state index contributed by atoms with van der Waals surface area (Å²) >= 11 is 3.37. The highest BCUT2D eigenvalue weighted by atomic mass is 79.9. The van der Waals surface area contributed by atoms with Crippen LogP contribution >= 0.6 is 15.9 Å². The lowest BCUT2D eigenvalue weighted by Crippen LogP contribution is -2.22. The number of nitrogens with one attached hydrogen (secondary N) is 1. The highest BCUT2D eigenvalue weighted by Gasteiger charge is 2.11. The summed E-state index contributed by atoms with van der Waals surface area (Å²) in [6.07, 6.45) is -1.06.